The third kappa shape index (κ3) is 5.11. The molecule has 3 rings (SSSR count). The zero-order valence-corrected chi connectivity index (χ0v) is 16.5. The fraction of sp³-hybridized carbons (Fsp3) is 0.333. The molecule has 6 heteroatoms. The summed E-state index contributed by atoms with van der Waals surface area (Å²) in [7, 11) is 4.03. The summed E-state index contributed by atoms with van der Waals surface area (Å²) in [5.74, 6) is 0.214. The fourth-order valence-electron chi connectivity index (χ4n) is 3.08. The van der Waals surface area contributed by atoms with Crippen LogP contribution in [0.1, 0.15) is 5.56 Å². The van der Waals surface area contributed by atoms with Crippen molar-refractivity contribution in [3.63, 3.8) is 0 Å². The molecule has 0 saturated carbocycles. The van der Waals surface area contributed by atoms with Gasteiger partial charge in [-0.3, -0.25) is 9.59 Å². The number of nitrogens with one attached hydrogen (secondary N) is 1. The minimum absolute atomic E-state index is 0.0257. The SMILES string of the molecule is CN(C)C(CNC(=O)CN1C(=O)CSc2ccccc21)Cc1ccccc1. The Bertz CT molecular complexity index is 795. The quantitative estimate of drug-likeness (QED) is 0.798. The van der Waals surface area contributed by atoms with Crippen molar-refractivity contribution in [3.8, 4) is 0 Å². The van der Waals surface area contributed by atoms with E-state index in [1.54, 1.807) is 4.90 Å². The number of rotatable bonds is 7. The zero-order valence-electron chi connectivity index (χ0n) is 15.7. The van der Waals surface area contributed by atoms with Gasteiger partial charge in [0.25, 0.3) is 0 Å². The third-order valence-corrected chi connectivity index (χ3v) is 5.74. The Labute approximate surface area is 164 Å². The molecule has 0 saturated heterocycles. The molecule has 27 heavy (non-hydrogen) atoms. The van der Waals surface area contributed by atoms with Gasteiger partial charge in [0.1, 0.15) is 6.54 Å². The van der Waals surface area contributed by atoms with E-state index >= 15 is 0 Å². The molecule has 1 aliphatic rings. The summed E-state index contributed by atoms with van der Waals surface area (Å²) in [5.41, 5.74) is 2.06. The van der Waals surface area contributed by atoms with Crippen LogP contribution in [-0.2, 0) is 16.0 Å². The maximum Gasteiger partial charge on any atom is 0.240 e. The van der Waals surface area contributed by atoms with E-state index in [0.717, 1.165) is 17.0 Å². The molecule has 1 N–H and O–H groups in total. The molecule has 2 aromatic rings. The summed E-state index contributed by atoms with van der Waals surface area (Å²) < 4.78 is 0. The van der Waals surface area contributed by atoms with Crippen LogP contribution in [0.3, 0.4) is 0 Å². The Kier molecular flexibility index (Phi) is 6.53. The van der Waals surface area contributed by atoms with E-state index in [9.17, 15) is 9.59 Å². The third-order valence-electron chi connectivity index (χ3n) is 4.69. The maximum atomic E-state index is 12.5. The lowest BCUT2D eigenvalue weighted by molar-refractivity contribution is -0.123. The molecule has 0 bridgehead atoms. The average molecular weight is 384 g/mol. The molecule has 1 unspecified atom stereocenters. The summed E-state index contributed by atoms with van der Waals surface area (Å²) in [4.78, 5) is 29.6. The number of hydrogen-bond acceptors (Lipinski definition) is 4. The molecule has 1 aliphatic heterocycles. The lowest BCUT2D eigenvalue weighted by atomic mass is 10.1. The van der Waals surface area contributed by atoms with Gasteiger partial charge >= 0.3 is 0 Å². The molecule has 2 aromatic carbocycles. The summed E-state index contributed by atoms with van der Waals surface area (Å²) in [5, 5.41) is 3.00. The van der Waals surface area contributed by atoms with Gasteiger partial charge in [0.15, 0.2) is 0 Å². The van der Waals surface area contributed by atoms with Crippen molar-refractivity contribution in [3.05, 3.63) is 60.2 Å². The highest BCUT2D eigenvalue weighted by Crippen LogP contribution is 2.34. The molecule has 2 amide bonds. The van der Waals surface area contributed by atoms with E-state index in [1.165, 1.54) is 17.3 Å². The first kappa shape index (κ1) is 19.5. The molecule has 0 aliphatic carbocycles. The van der Waals surface area contributed by atoms with Crippen LogP contribution < -0.4 is 10.2 Å². The molecule has 0 spiro atoms. The number of amides is 2. The first-order valence-electron chi connectivity index (χ1n) is 9.04. The van der Waals surface area contributed by atoms with Crippen LogP contribution >= 0.6 is 11.8 Å². The molecule has 0 aromatic heterocycles. The Morgan fingerprint density at radius 1 is 1.15 bits per heavy atom. The monoisotopic (exact) mass is 383 g/mol. The standard InChI is InChI=1S/C21H25N3O2S/c1-23(2)17(12-16-8-4-3-5-9-16)13-22-20(25)14-24-18-10-6-7-11-19(18)27-15-21(24)26/h3-11,17H,12-15H2,1-2H3,(H,22,25). The number of thioether (sulfide) groups is 1. The van der Waals surface area contributed by atoms with Crippen LogP contribution in [0.15, 0.2) is 59.5 Å². The summed E-state index contributed by atoms with van der Waals surface area (Å²) in [6.07, 6.45) is 0.857. The fourth-order valence-corrected chi connectivity index (χ4v) is 4.02. The van der Waals surface area contributed by atoms with E-state index in [1.807, 2.05) is 56.6 Å². The van der Waals surface area contributed by atoms with Gasteiger partial charge in [-0.05, 0) is 38.2 Å². The number of likely N-dealkylation sites (N-methyl/N-ethyl adjacent to an activating group) is 1. The molecule has 0 radical (unpaired) electrons. The number of nitrogens with zero attached hydrogens (tertiary/aromatic N) is 2. The molecule has 5 nitrogen and oxygen atoms in total. The second kappa shape index (κ2) is 9.06. The van der Waals surface area contributed by atoms with Crippen LogP contribution in [0.2, 0.25) is 0 Å². The number of carbonyl (C=O) groups excluding carboxylic acids is 2. The van der Waals surface area contributed by atoms with E-state index in [4.69, 9.17) is 0 Å². The Hall–Kier alpha value is -2.31. The highest BCUT2D eigenvalue weighted by atomic mass is 32.2. The van der Waals surface area contributed by atoms with Crippen molar-refractivity contribution in [1.82, 2.24) is 10.2 Å². The predicted octanol–water partition coefficient (Wildman–Crippen LogP) is 2.41. The zero-order chi connectivity index (χ0) is 19.2. The molecule has 1 atom stereocenters. The van der Waals surface area contributed by atoms with Gasteiger partial charge in [-0.15, -0.1) is 11.8 Å². The van der Waals surface area contributed by atoms with Gasteiger partial charge in [0.05, 0.1) is 11.4 Å². The second-order valence-corrected chi connectivity index (χ2v) is 7.86. The van der Waals surface area contributed by atoms with Crippen molar-refractivity contribution < 1.29 is 9.59 Å². The normalized spacial score (nSPS) is 14.8. The van der Waals surface area contributed by atoms with Gasteiger partial charge in [-0.2, -0.15) is 0 Å². The Morgan fingerprint density at radius 3 is 2.59 bits per heavy atom. The molecule has 0 fully saturated rings. The van der Waals surface area contributed by atoms with Gasteiger partial charge in [-0.25, -0.2) is 0 Å². The van der Waals surface area contributed by atoms with Crippen molar-refractivity contribution in [1.29, 1.82) is 0 Å². The maximum absolute atomic E-state index is 12.5. The van der Waals surface area contributed by atoms with Gasteiger partial charge < -0.3 is 15.1 Å². The molecular weight excluding hydrogens is 358 g/mol. The first-order chi connectivity index (χ1) is 13.0. The van der Waals surface area contributed by atoms with Crippen LogP contribution in [-0.4, -0.2) is 55.7 Å². The first-order valence-corrected chi connectivity index (χ1v) is 10.0. The number of para-hydroxylation sites is 1. The van der Waals surface area contributed by atoms with Crippen LogP contribution in [0, 0.1) is 0 Å². The van der Waals surface area contributed by atoms with Crippen molar-refractivity contribution >= 4 is 29.3 Å². The lowest BCUT2D eigenvalue weighted by Crippen LogP contribution is -2.47. The van der Waals surface area contributed by atoms with Gasteiger partial charge in [0, 0.05) is 17.5 Å². The minimum atomic E-state index is -0.134. The molecule has 1 heterocycles. The van der Waals surface area contributed by atoms with Crippen molar-refractivity contribution in [2.45, 2.75) is 17.4 Å². The van der Waals surface area contributed by atoms with E-state index in [2.05, 4.69) is 22.3 Å². The Morgan fingerprint density at radius 2 is 1.85 bits per heavy atom. The predicted molar refractivity (Wildman–Crippen MR) is 110 cm³/mol. The highest BCUT2D eigenvalue weighted by molar-refractivity contribution is 8.00. The summed E-state index contributed by atoms with van der Waals surface area (Å²) in [6, 6.07) is 18.2. The van der Waals surface area contributed by atoms with Crippen LogP contribution in [0.4, 0.5) is 5.69 Å². The van der Waals surface area contributed by atoms with Crippen LogP contribution in [0.5, 0.6) is 0 Å². The number of carbonyl (C=O) groups is 2. The lowest BCUT2D eigenvalue weighted by Gasteiger charge is -2.29. The number of anilines is 1. The highest BCUT2D eigenvalue weighted by Gasteiger charge is 2.26. The topological polar surface area (TPSA) is 52.7 Å². The largest absolute Gasteiger partial charge is 0.353 e. The molecular formula is C21H25N3O2S. The van der Waals surface area contributed by atoms with Gasteiger partial charge in [-0.1, -0.05) is 42.5 Å². The van der Waals surface area contributed by atoms with Crippen LogP contribution in [0.25, 0.3) is 0 Å². The van der Waals surface area contributed by atoms with E-state index < -0.39 is 0 Å². The van der Waals surface area contributed by atoms with Crippen molar-refractivity contribution in [2.75, 3.05) is 37.8 Å². The summed E-state index contributed by atoms with van der Waals surface area (Å²) >= 11 is 1.52. The number of fused-ring (bicyclic) bond motifs is 1. The Balaban J connectivity index is 1.59. The second-order valence-electron chi connectivity index (χ2n) is 6.85. The minimum Gasteiger partial charge on any atom is -0.353 e. The molecule has 142 valence electrons. The number of benzene rings is 2. The summed E-state index contributed by atoms with van der Waals surface area (Å²) in [6.45, 7) is 0.598. The van der Waals surface area contributed by atoms with E-state index in [-0.39, 0.29) is 24.4 Å². The van der Waals surface area contributed by atoms with Crippen molar-refractivity contribution in [2.24, 2.45) is 0 Å². The average Bonchev–Trinajstić information content (AvgIpc) is 2.68. The number of hydrogen-bond donors (Lipinski definition) is 1. The van der Waals surface area contributed by atoms with E-state index in [0.29, 0.717) is 12.3 Å². The van der Waals surface area contributed by atoms with Gasteiger partial charge in [0.2, 0.25) is 11.8 Å². The smallest absolute Gasteiger partial charge is 0.240 e.